The fourth-order valence-electron chi connectivity index (χ4n) is 3.04. The van der Waals surface area contributed by atoms with E-state index in [1.165, 1.54) is 32.1 Å². The van der Waals surface area contributed by atoms with E-state index in [1.54, 1.807) is 4.68 Å². The van der Waals surface area contributed by atoms with Gasteiger partial charge in [-0.2, -0.15) is 10.1 Å². The average Bonchev–Trinajstić information content (AvgIpc) is 2.68. The lowest BCUT2D eigenvalue weighted by molar-refractivity contribution is 0.214. The Hall–Kier alpha value is -1.06. The molecular weight excluding hydrogens is 212 g/mol. The van der Waals surface area contributed by atoms with Crippen molar-refractivity contribution in [2.24, 2.45) is 18.9 Å². The predicted molar refractivity (Wildman–Crippen MR) is 69.6 cm³/mol. The summed E-state index contributed by atoms with van der Waals surface area (Å²) in [4.78, 5) is 4.43. The first kappa shape index (κ1) is 12.4. The smallest absolute Gasteiger partial charge is 0.218 e. The molecule has 0 radical (unpaired) electrons. The van der Waals surface area contributed by atoms with Crippen molar-refractivity contribution in [1.29, 1.82) is 0 Å². The van der Waals surface area contributed by atoms with Gasteiger partial charge in [0, 0.05) is 13.0 Å². The van der Waals surface area contributed by atoms with Crippen molar-refractivity contribution in [1.82, 2.24) is 14.8 Å². The van der Waals surface area contributed by atoms with Crippen molar-refractivity contribution < 1.29 is 0 Å². The molecule has 4 nitrogen and oxygen atoms in total. The van der Waals surface area contributed by atoms with Crippen LogP contribution in [0.1, 0.15) is 57.7 Å². The van der Waals surface area contributed by atoms with Crippen LogP contribution in [0, 0.1) is 11.8 Å². The van der Waals surface area contributed by atoms with Crippen LogP contribution in [0.25, 0.3) is 0 Å². The van der Waals surface area contributed by atoms with Crippen molar-refractivity contribution >= 4 is 5.95 Å². The average molecular weight is 236 g/mol. The number of nitrogens with zero attached hydrogens (tertiary/aromatic N) is 3. The number of hydrogen-bond acceptors (Lipinski definition) is 3. The first-order valence-electron chi connectivity index (χ1n) is 6.79. The van der Waals surface area contributed by atoms with Crippen molar-refractivity contribution in [2.45, 2.75) is 51.9 Å². The van der Waals surface area contributed by atoms with Crippen LogP contribution in [0.4, 0.5) is 5.95 Å². The number of nitrogens with two attached hydrogens (primary N) is 1. The molecule has 96 valence electrons. The maximum atomic E-state index is 5.79. The van der Waals surface area contributed by atoms with E-state index >= 15 is 0 Å². The van der Waals surface area contributed by atoms with E-state index in [0.717, 1.165) is 17.7 Å². The molecule has 0 aromatic carbocycles. The molecule has 1 heterocycles. The van der Waals surface area contributed by atoms with E-state index in [0.29, 0.717) is 11.9 Å². The van der Waals surface area contributed by atoms with Gasteiger partial charge in [0.15, 0.2) is 5.82 Å². The maximum Gasteiger partial charge on any atom is 0.218 e. The SMILES string of the molecule is CCC(C)C1CCCCC1c1nc(N)n(C)n1. The zero-order valence-electron chi connectivity index (χ0n) is 11.2. The van der Waals surface area contributed by atoms with Gasteiger partial charge < -0.3 is 5.73 Å². The van der Waals surface area contributed by atoms with E-state index in [2.05, 4.69) is 23.9 Å². The van der Waals surface area contributed by atoms with Crippen LogP contribution in [0.15, 0.2) is 0 Å². The summed E-state index contributed by atoms with van der Waals surface area (Å²) < 4.78 is 1.69. The molecule has 0 saturated heterocycles. The highest BCUT2D eigenvalue weighted by Gasteiger charge is 2.32. The summed E-state index contributed by atoms with van der Waals surface area (Å²) in [5.74, 6) is 3.51. The maximum absolute atomic E-state index is 5.79. The summed E-state index contributed by atoms with van der Waals surface area (Å²) in [6.45, 7) is 4.63. The van der Waals surface area contributed by atoms with Gasteiger partial charge in [-0.3, -0.25) is 0 Å². The lowest BCUT2D eigenvalue weighted by Gasteiger charge is -2.33. The molecule has 17 heavy (non-hydrogen) atoms. The Labute approximate surface area is 104 Å². The Morgan fingerprint density at radius 2 is 2.12 bits per heavy atom. The van der Waals surface area contributed by atoms with Crippen LogP contribution in [0.3, 0.4) is 0 Å². The number of rotatable bonds is 3. The highest BCUT2D eigenvalue weighted by Crippen LogP contribution is 2.41. The monoisotopic (exact) mass is 236 g/mol. The first-order valence-corrected chi connectivity index (χ1v) is 6.79. The first-order chi connectivity index (χ1) is 8.13. The third kappa shape index (κ3) is 2.45. The molecule has 0 aliphatic heterocycles. The molecule has 1 aliphatic carbocycles. The predicted octanol–water partition coefficient (Wildman–Crippen LogP) is 2.72. The third-order valence-electron chi connectivity index (χ3n) is 4.34. The summed E-state index contributed by atoms with van der Waals surface area (Å²) in [5, 5.41) is 4.48. The summed E-state index contributed by atoms with van der Waals surface area (Å²) in [6, 6.07) is 0. The summed E-state index contributed by atoms with van der Waals surface area (Å²) >= 11 is 0. The van der Waals surface area contributed by atoms with Gasteiger partial charge in [0.25, 0.3) is 0 Å². The number of aryl methyl sites for hydroxylation is 1. The standard InChI is InChI=1S/C13H24N4/c1-4-9(2)10-7-5-6-8-11(10)12-15-13(14)17(3)16-12/h9-11H,4-8H2,1-3H3,(H2,14,15,16). The normalized spacial score (nSPS) is 27.0. The van der Waals surface area contributed by atoms with Gasteiger partial charge in [0.2, 0.25) is 5.95 Å². The summed E-state index contributed by atoms with van der Waals surface area (Å²) in [7, 11) is 1.87. The number of anilines is 1. The Kier molecular flexibility index (Phi) is 3.69. The molecule has 0 spiro atoms. The van der Waals surface area contributed by atoms with Crippen LogP contribution in [-0.4, -0.2) is 14.8 Å². The summed E-state index contributed by atoms with van der Waals surface area (Å²) in [6.07, 6.45) is 6.43. The van der Waals surface area contributed by atoms with Crippen LogP contribution in [0.5, 0.6) is 0 Å². The topological polar surface area (TPSA) is 56.7 Å². The highest BCUT2D eigenvalue weighted by molar-refractivity contribution is 5.18. The Bertz CT molecular complexity index is 352. The van der Waals surface area contributed by atoms with Gasteiger partial charge in [0.1, 0.15) is 0 Å². The Morgan fingerprint density at radius 3 is 2.71 bits per heavy atom. The van der Waals surface area contributed by atoms with E-state index in [1.807, 2.05) is 7.05 Å². The molecule has 3 unspecified atom stereocenters. The van der Waals surface area contributed by atoms with E-state index in [-0.39, 0.29) is 0 Å². The second-order valence-electron chi connectivity index (χ2n) is 5.39. The van der Waals surface area contributed by atoms with Gasteiger partial charge in [-0.05, 0) is 24.7 Å². The lowest BCUT2D eigenvalue weighted by atomic mass is 9.72. The van der Waals surface area contributed by atoms with Crippen molar-refractivity contribution in [3.63, 3.8) is 0 Å². The van der Waals surface area contributed by atoms with Gasteiger partial charge in [-0.25, -0.2) is 4.68 Å². The van der Waals surface area contributed by atoms with Crippen LogP contribution >= 0.6 is 0 Å². The molecule has 0 bridgehead atoms. The zero-order valence-corrected chi connectivity index (χ0v) is 11.2. The number of aromatic nitrogens is 3. The number of nitrogen functional groups attached to an aromatic ring is 1. The second-order valence-corrected chi connectivity index (χ2v) is 5.39. The minimum absolute atomic E-state index is 0.516. The van der Waals surface area contributed by atoms with Crippen molar-refractivity contribution in [3.8, 4) is 0 Å². The van der Waals surface area contributed by atoms with E-state index in [4.69, 9.17) is 5.73 Å². The lowest BCUT2D eigenvalue weighted by Crippen LogP contribution is -2.24. The number of hydrogen-bond donors (Lipinski definition) is 1. The molecule has 4 heteroatoms. The van der Waals surface area contributed by atoms with E-state index in [9.17, 15) is 0 Å². The molecule has 0 amide bonds. The fourth-order valence-corrected chi connectivity index (χ4v) is 3.04. The van der Waals surface area contributed by atoms with Crippen molar-refractivity contribution in [3.05, 3.63) is 5.82 Å². The largest absolute Gasteiger partial charge is 0.368 e. The van der Waals surface area contributed by atoms with Crippen LogP contribution < -0.4 is 5.73 Å². The van der Waals surface area contributed by atoms with Crippen LogP contribution in [0.2, 0.25) is 0 Å². The molecule has 1 fully saturated rings. The Morgan fingerprint density at radius 1 is 1.41 bits per heavy atom. The minimum Gasteiger partial charge on any atom is -0.368 e. The second kappa shape index (κ2) is 5.07. The fraction of sp³-hybridized carbons (Fsp3) is 0.846. The zero-order chi connectivity index (χ0) is 12.4. The third-order valence-corrected chi connectivity index (χ3v) is 4.34. The highest BCUT2D eigenvalue weighted by atomic mass is 15.4. The summed E-state index contributed by atoms with van der Waals surface area (Å²) in [5.41, 5.74) is 5.79. The van der Waals surface area contributed by atoms with Gasteiger partial charge in [-0.1, -0.05) is 33.1 Å². The van der Waals surface area contributed by atoms with Gasteiger partial charge in [-0.15, -0.1) is 0 Å². The Balaban J connectivity index is 2.21. The molecule has 1 saturated carbocycles. The molecule has 1 aromatic heterocycles. The molecule has 3 atom stereocenters. The quantitative estimate of drug-likeness (QED) is 0.878. The van der Waals surface area contributed by atoms with Gasteiger partial charge >= 0.3 is 0 Å². The van der Waals surface area contributed by atoms with Crippen molar-refractivity contribution in [2.75, 3.05) is 5.73 Å². The molecule has 2 rings (SSSR count). The van der Waals surface area contributed by atoms with Crippen LogP contribution in [-0.2, 0) is 7.05 Å². The van der Waals surface area contributed by atoms with Gasteiger partial charge in [0.05, 0.1) is 0 Å². The molecule has 1 aliphatic rings. The minimum atomic E-state index is 0.516. The molecule has 2 N–H and O–H groups in total. The molecule has 1 aromatic rings. The molecular formula is C13H24N4. The van der Waals surface area contributed by atoms with E-state index < -0.39 is 0 Å².